The summed E-state index contributed by atoms with van der Waals surface area (Å²) in [6.07, 6.45) is 2.07. The SMILES string of the molecule is Cc1nc(-c2ccccc2)ncc1C(=O)N1CCC(C(C)O)C1. The molecule has 1 fully saturated rings. The lowest BCUT2D eigenvalue weighted by Gasteiger charge is -2.18. The van der Waals surface area contributed by atoms with Crippen LogP contribution in [0.2, 0.25) is 0 Å². The van der Waals surface area contributed by atoms with Crippen LogP contribution in [-0.4, -0.2) is 45.1 Å². The number of rotatable bonds is 3. The van der Waals surface area contributed by atoms with Crippen LogP contribution >= 0.6 is 0 Å². The second kappa shape index (κ2) is 6.46. The van der Waals surface area contributed by atoms with E-state index in [9.17, 15) is 9.90 Å². The van der Waals surface area contributed by atoms with Crippen molar-refractivity contribution < 1.29 is 9.90 Å². The molecule has 1 N–H and O–H groups in total. The summed E-state index contributed by atoms with van der Waals surface area (Å²) in [4.78, 5) is 23.3. The Morgan fingerprint density at radius 1 is 1.35 bits per heavy atom. The zero-order valence-electron chi connectivity index (χ0n) is 13.4. The van der Waals surface area contributed by atoms with Gasteiger partial charge in [0.15, 0.2) is 5.82 Å². The van der Waals surface area contributed by atoms with Crippen LogP contribution in [0.15, 0.2) is 36.5 Å². The molecule has 0 bridgehead atoms. The number of carbonyl (C=O) groups is 1. The monoisotopic (exact) mass is 311 g/mol. The predicted octanol–water partition coefficient (Wildman–Crippen LogP) is 2.29. The summed E-state index contributed by atoms with van der Waals surface area (Å²) in [5, 5.41) is 9.68. The van der Waals surface area contributed by atoms with Gasteiger partial charge in [0.2, 0.25) is 0 Å². The van der Waals surface area contributed by atoms with Crippen LogP contribution in [0.3, 0.4) is 0 Å². The van der Waals surface area contributed by atoms with Gasteiger partial charge in [-0.15, -0.1) is 0 Å². The van der Waals surface area contributed by atoms with E-state index < -0.39 is 0 Å². The van der Waals surface area contributed by atoms with E-state index >= 15 is 0 Å². The third-order valence-corrected chi connectivity index (χ3v) is 4.44. The smallest absolute Gasteiger partial charge is 0.257 e. The third-order valence-electron chi connectivity index (χ3n) is 4.44. The summed E-state index contributed by atoms with van der Waals surface area (Å²) >= 11 is 0. The van der Waals surface area contributed by atoms with Crippen molar-refractivity contribution in [3.05, 3.63) is 47.8 Å². The minimum atomic E-state index is -0.384. The topological polar surface area (TPSA) is 66.3 Å². The van der Waals surface area contributed by atoms with Crippen LogP contribution in [0, 0.1) is 12.8 Å². The molecule has 2 heterocycles. The summed E-state index contributed by atoms with van der Waals surface area (Å²) in [6, 6.07) is 9.72. The normalized spacial score (nSPS) is 18.9. The molecule has 1 aliphatic rings. The number of likely N-dealkylation sites (tertiary alicyclic amines) is 1. The Bertz CT molecular complexity index is 701. The molecule has 2 unspecified atom stereocenters. The van der Waals surface area contributed by atoms with Gasteiger partial charge in [-0.2, -0.15) is 0 Å². The van der Waals surface area contributed by atoms with E-state index in [-0.39, 0.29) is 17.9 Å². The Morgan fingerprint density at radius 2 is 2.09 bits per heavy atom. The molecule has 1 aromatic heterocycles. The summed E-state index contributed by atoms with van der Waals surface area (Å²) in [7, 11) is 0. The number of amides is 1. The molecule has 2 aromatic rings. The molecule has 120 valence electrons. The van der Waals surface area contributed by atoms with Crippen molar-refractivity contribution >= 4 is 5.91 Å². The van der Waals surface area contributed by atoms with E-state index in [1.807, 2.05) is 37.3 Å². The summed E-state index contributed by atoms with van der Waals surface area (Å²) < 4.78 is 0. The van der Waals surface area contributed by atoms with Crippen LogP contribution in [0.4, 0.5) is 0 Å². The van der Waals surface area contributed by atoms with E-state index in [1.165, 1.54) is 0 Å². The molecule has 0 aliphatic carbocycles. The fraction of sp³-hybridized carbons (Fsp3) is 0.389. The summed E-state index contributed by atoms with van der Waals surface area (Å²) in [5.41, 5.74) is 2.16. The van der Waals surface area contributed by atoms with Crippen molar-refractivity contribution in [2.24, 2.45) is 5.92 Å². The zero-order chi connectivity index (χ0) is 16.4. The van der Waals surface area contributed by atoms with Crippen LogP contribution in [-0.2, 0) is 0 Å². The van der Waals surface area contributed by atoms with Crippen molar-refractivity contribution in [3.8, 4) is 11.4 Å². The minimum absolute atomic E-state index is 0.0507. The molecular formula is C18H21N3O2. The van der Waals surface area contributed by atoms with Crippen LogP contribution in [0.5, 0.6) is 0 Å². The first-order valence-electron chi connectivity index (χ1n) is 7.92. The first-order chi connectivity index (χ1) is 11.1. The van der Waals surface area contributed by atoms with Crippen molar-refractivity contribution in [1.29, 1.82) is 0 Å². The lowest BCUT2D eigenvalue weighted by Crippen LogP contribution is -2.31. The number of carbonyl (C=O) groups excluding carboxylic acids is 1. The molecule has 1 amide bonds. The zero-order valence-corrected chi connectivity index (χ0v) is 13.4. The van der Waals surface area contributed by atoms with Gasteiger partial charge in [0.05, 0.1) is 17.4 Å². The number of hydrogen-bond acceptors (Lipinski definition) is 4. The maximum atomic E-state index is 12.6. The molecule has 0 radical (unpaired) electrons. The molecule has 0 saturated carbocycles. The molecular weight excluding hydrogens is 290 g/mol. The van der Waals surface area contributed by atoms with Crippen molar-refractivity contribution in [2.75, 3.05) is 13.1 Å². The molecule has 1 aromatic carbocycles. The fourth-order valence-corrected chi connectivity index (χ4v) is 2.94. The van der Waals surface area contributed by atoms with Crippen LogP contribution in [0.1, 0.15) is 29.4 Å². The molecule has 0 spiro atoms. The lowest BCUT2D eigenvalue weighted by molar-refractivity contribution is 0.0761. The highest BCUT2D eigenvalue weighted by atomic mass is 16.3. The average molecular weight is 311 g/mol. The molecule has 23 heavy (non-hydrogen) atoms. The standard InChI is InChI=1S/C18H21N3O2/c1-12-16(18(23)21-9-8-15(11-21)13(2)22)10-19-17(20-12)14-6-4-3-5-7-14/h3-7,10,13,15,22H,8-9,11H2,1-2H3. The maximum absolute atomic E-state index is 12.6. The molecule has 5 nitrogen and oxygen atoms in total. The van der Waals surface area contributed by atoms with Crippen LogP contribution < -0.4 is 0 Å². The van der Waals surface area contributed by atoms with Crippen LogP contribution in [0.25, 0.3) is 11.4 Å². The van der Waals surface area contributed by atoms with Gasteiger partial charge in [-0.25, -0.2) is 9.97 Å². The van der Waals surface area contributed by atoms with Gasteiger partial charge in [0.1, 0.15) is 0 Å². The van der Waals surface area contributed by atoms with E-state index in [0.717, 1.165) is 12.0 Å². The molecule has 5 heteroatoms. The highest BCUT2D eigenvalue weighted by Crippen LogP contribution is 2.23. The van der Waals surface area contributed by atoms with Gasteiger partial charge in [-0.3, -0.25) is 4.79 Å². The number of aryl methyl sites for hydroxylation is 1. The minimum Gasteiger partial charge on any atom is -0.393 e. The first-order valence-corrected chi connectivity index (χ1v) is 7.92. The lowest BCUT2D eigenvalue weighted by atomic mass is 10.0. The number of nitrogens with zero attached hydrogens (tertiary/aromatic N) is 3. The maximum Gasteiger partial charge on any atom is 0.257 e. The second-order valence-electron chi connectivity index (χ2n) is 6.10. The quantitative estimate of drug-likeness (QED) is 0.944. The van der Waals surface area contributed by atoms with E-state index in [4.69, 9.17) is 0 Å². The first kappa shape index (κ1) is 15.6. The number of hydrogen-bond donors (Lipinski definition) is 1. The van der Waals surface area contributed by atoms with E-state index in [0.29, 0.717) is 30.2 Å². The molecule has 1 saturated heterocycles. The molecule has 1 aliphatic heterocycles. The van der Waals surface area contributed by atoms with Gasteiger partial charge < -0.3 is 10.0 Å². The number of aromatic nitrogens is 2. The fourth-order valence-electron chi connectivity index (χ4n) is 2.94. The van der Waals surface area contributed by atoms with Gasteiger partial charge in [-0.1, -0.05) is 30.3 Å². The predicted molar refractivity (Wildman–Crippen MR) is 87.9 cm³/mol. The summed E-state index contributed by atoms with van der Waals surface area (Å²) in [6.45, 7) is 4.88. The van der Waals surface area contributed by atoms with Gasteiger partial charge in [0, 0.05) is 30.8 Å². The number of benzene rings is 1. The highest BCUT2D eigenvalue weighted by Gasteiger charge is 2.30. The molecule has 2 atom stereocenters. The highest BCUT2D eigenvalue weighted by molar-refractivity contribution is 5.95. The van der Waals surface area contributed by atoms with Gasteiger partial charge in [0.25, 0.3) is 5.91 Å². The number of aliphatic hydroxyl groups excluding tert-OH is 1. The third kappa shape index (κ3) is 3.24. The van der Waals surface area contributed by atoms with Gasteiger partial charge >= 0.3 is 0 Å². The largest absolute Gasteiger partial charge is 0.393 e. The van der Waals surface area contributed by atoms with Gasteiger partial charge in [-0.05, 0) is 20.3 Å². The Labute approximate surface area is 136 Å². The molecule has 3 rings (SSSR count). The number of aliphatic hydroxyl groups is 1. The van der Waals surface area contributed by atoms with E-state index in [2.05, 4.69) is 9.97 Å². The Morgan fingerprint density at radius 3 is 2.70 bits per heavy atom. The Balaban J connectivity index is 1.80. The van der Waals surface area contributed by atoms with E-state index in [1.54, 1.807) is 18.0 Å². The average Bonchev–Trinajstić information content (AvgIpc) is 3.05. The summed E-state index contributed by atoms with van der Waals surface area (Å²) in [5.74, 6) is 0.733. The Hall–Kier alpha value is -2.27. The van der Waals surface area contributed by atoms with Crippen molar-refractivity contribution in [3.63, 3.8) is 0 Å². The Kier molecular flexibility index (Phi) is 4.39. The second-order valence-corrected chi connectivity index (χ2v) is 6.10. The van der Waals surface area contributed by atoms with Crippen molar-refractivity contribution in [1.82, 2.24) is 14.9 Å². The van der Waals surface area contributed by atoms with Crippen molar-refractivity contribution in [2.45, 2.75) is 26.4 Å².